The van der Waals surface area contributed by atoms with Gasteiger partial charge in [-0.1, -0.05) is 6.08 Å². The Morgan fingerprint density at radius 1 is 1.33 bits per heavy atom. The predicted octanol–water partition coefficient (Wildman–Crippen LogP) is -1.09. The van der Waals surface area contributed by atoms with E-state index < -0.39 is 6.23 Å². The van der Waals surface area contributed by atoms with E-state index in [9.17, 15) is 5.11 Å². The van der Waals surface area contributed by atoms with Crippen LogP contribution in [0.25, 0.3) is 0 Å². The molecule has 0 rings (SSSR count). The molecule has 1 unspecified atom stereocenters. The molecule has 1 atom stereocenters. The van der Waals surface area contributed by atoms with Gasteiger partial charge in [0.05, 0.1) is 0 Å². The van der Waals surface area contributed by atoms with E-state index in [2.05, 4.69) is 10.6 Å². The van der Waals surface area contributed by atoms with Crippen LogP contribution in [0, 0.1) is 0 Å². The fraction of sp³-hybridized carbons (Fsp3) is 0.800. The zero-order chi connectivity index (χ0) is 11.5. The third kappa shape index (κ3) is 11.3. The molecule has 0 heterocycles. The van der Waals surface area contributed by atoms with E-state index in [1.165, 1.54) is 0 Å². The Hall–Kier alpha value is -0.620. The summed E-state index contributed by atoms with van der Waals surface area (Å²) < 4.78 is 0. The SMILES string of the molecule is CN(C)/C=C\CC(O)NCCNCCN. The van der Waals surface area contributed by atoms with Crippen molar-refractivity contribution < 1.29 is 5.11 Å². The normalized spacial score (nSPS) is 13.3. The zero-order valence-electron chi connectivity index (χ0n) is 9.74. The van der Waals surface area contributed by atoms with Gasteiger partial charge in [0.1, 0.15) is 6.23 Å². The van der Waals surface area contributed by atoms with E-state index in [1.807, 2.05) is 31.3 Å². The molecule has 90 valence electrons. The van der Waals surface area contributed by atoms with Crippen LogP contribution in [-0.2, 0) is 0 Å². The molecule has 15 heavy (non-hydrogen) atoms. The van der Waals surface area contributed by atoms with Crippen molar-refractivity contribution in [3.8, 4) is 0 Å². The minimum absolute atomic E-state index is 0.471. The van der Waals surface area contributed by atoms with E-state index >= 15 is 0 Å². The number of aliphatic hydroxyl groups excluding tert-OH is 1. The van der Waals surface area contributed by atoms with Gasteiger partial charge in [-0.3, -0.25) is 5.32 Å². The van der Waals surface area contributed by atoms with Crippen molar-refractivity contribution in [3.05, 3.63) is 12.3 Å². The van der Waals surface area contributed by atoms with Gasteiger partial charge in [0.15, 0.2) is 0 Å². The van der Waals surface area contributed by atoms with Crippen molar-refractivity contribution in [1.82, 2.24) is 15.5 Å². The van der Waals surface area contributed by atoms with Crippen LogP contribution in [0.5, 0.6) is 0 Å². The summed E-state index contributed by atoms with van der Waals surface area (Å²) >= 11 is 0. The van der Waals surface area contributed by atoms with Crippen LogP contribution in [0.4, 0.5) is 0 Å². The summed E-state index contributed by atoms with van der Waals surface area (Å²) in [5.74, 6) is 0. The molecule has 0 radical (unpaired) electrons. The monoisotopic (exact) mass is 216 g/mol. The highest BCUT2D eigenvalue weighted by Crippen LogP contribution is 1.89. The Morgan fingerprint density at radius 3 is 2.67 bits per heavy atom. The second-order valence-corrected chi connectivity index (χ2v) is 3.59. The highest BCUT2D eigenvalue weighted by Gasteiger charge is 1.98. The van der Waals surface area contributed by atoms with Crippen LogP contribution in [0.2, 0.25) is 0 Å². The van der Waals surface area contributed by atoms with Crippen LogP contribution in [0.15, 0.2) is 12.3 Å². The molecule has 0 aliphatic rings. The molecule has 0 amide bonds. The molecular formula is C10H24N4O. The fourth-order valence-electron chi connectivity index (χ4n) is 1.04. The molecule has 5 heteroatoms. The summed E-state index contributed by atoms with van der Waals surface area (Å²) in [5.41, 5.74) is 5.32. The van der Waals surface area contributed by atoms with Crippen LogP contribution in [0.1, 0.15) is 6.42 Å². The Kier molecular flexibility index (Phi) is 9.51. The molecule has 0 aromatic rings. The maximum absolute atomic E-state index is 9.49. The Morgan fingerprint density at radius 2 is 2.07 bits per heavy atom. The Labute approximate surface area is 92.3 Å². The largest absolute Gasteiger partial charge is 0.384 e. The standard InChI is InChI=1S/C10H24N4O/c1-14(2)9-3-4-10(15)13-8-7-12-6-5-11/h3,9-10,12-13,15H,4-8,11H2,1-2H3/b9-3-. The van der Waals surface area contributed by atoms with E-state index in [-0.39, 0.29) is 0 Å². The van der Waals surface area contributed by atoms with Crippen LogP contribution >= 0.6 is 0 Å². The van der Waals surface area contributed by atoms with Crippen molar-refractivity contribution in [1.29, 1.82) is 0 Å². The molecule has 0 spiro atoms. The van der Waals surface area contributed by atoms with Crippen LogP contribution < -0.4 is 16.4 Å². The topological polar surface area (TPSA) is 73.5 Å². The number of nitrogens with zero attached hydrogens (tertiary/aromatic N) is 1. The first-order valence-electron chi connectivity index (χ1n) is 5.32. The molecule has 0 saturated carbocycles. The molecule has 0 aliphatic heterocycles. The smallest absolute Gasteiger partial charge is 0.108 e. The third-order valence-electron chi connectivity index (χ3n) is 1.77. The molecule has 0 fully saturated rings. The molecule has 0 saturated heterocycles. The first-order valence-corrected chi connectivity index (χ1v) is 5.32. The number of hydrogen-bond donors (Lipinski definition) is 4. The van der Waals surface area contributed by atoms with Crippen LogP contribution in [-0.4, -0.2) is 56.5 Å². The van der Waals surface area contributed by atoms with Crippen molar-refractivity contribution in [2.75, 3.05) is 40.3 Å². The molecule has 0 aromatic carbocycles. The molecule has 0 aromatic heterocycles. The first kappa shape index (κ1) is 14.4. The number of hydrogen-bond acceptors (Lipinski definition) is 5. The summed E-state index contributed by atoms with van der Waals surface area (Å²) in [6.07, 6.45) is 4.01. The number of aliphatic hydroxyl groups is 1. The lowest BCUT2D eigenvalue weighted by Crippen LogP contribution is -2.36. The average Bonchev–Trinajstić information content (AvgIpc) is 2.17. The predicted molar refractivity (Wildman–Crippen MR) is 63.4 cm³/mol. The fourth-order valence-corrected chi connectivity index (χ4v) is 1.04. The van der Waals surface area contributed by atoms with Gasteiger partial charge in [-0.25, -0.2) is 0 Å². The van der Waals surface area contributed by atoms with Gasteiger partial charge >= 0.3 is 0 Å². The molecule has 5 N–H and O–H groups in total. The van der Waals surface area contributed by atoms with Crippen LogP contribution in [0.3, 0.4) is 0 Å². The summed E-state index contributed by atoms with van der Waals surface area (Å²) in [4.78, 5) is 1.94. The van der Waals surface area contributed by atoms with Gasteiger partial charge in [0, 0.05) is 46.7 Å². The Balaban J connectivity index is 3.29. The van der Waals surface area contributed by atoms with Crippen molar-refractivity contribution in [2.45, 2.75) is 12.6 Å². The van der Waals surface area contributed by atoms with Gasteiger partial charge in [-0.15, -0.1) is 0 Å². The van der Waals surface area contributed by atoms with E-state index in [4.69, 9.17) is 5.73 Å². The number of nitrogens with two attached hydrogens (primary N) is 1. The van der Waals surface area contributed by atoms with Gasteiger partial charge in [0.25, 0.3) is 0 Å². The zero-order valence-corrected chi connectivity index (χ0v) is 9.74. The molecular weight excluding hydrogens is 192 g/mol. The van der Waals surface area contributed by atoms with Crippen molar-refractivity contribution in [2.24, 2.45) is 5.73 Å². The summed E-state index contributed by atoms with van der Waals surface area (Å²) in [6.45, 7) is 3.04. The lowest BCUT2D eigenvalue weighted by molar-refractivity contribution is 0.140. The minimum atomic E-state index is -0.471. The summed E-state index contributed by atoms with van der Waals surface area (Å²) in [5, 5.41) is 15.6. The average molecular weight is 216 g/mol. The first-order chi connectivity index (χ1) is 7.16. The van der Waals surface area contributed by atoms with Gasteiger partial charge in [0.2, 0.25) is 0 Å². The Bertz CT molecular complexity index is 162. The highest BCUT2D eigenvalue weighted by molar-refractivity contribution is 4.81. The minimum Gasteiger partial charge on any atom is -0.384 e. The van der Waals surface area contributed by atoms with E-state index in [1.54, 1.807) is 0 Å². The lowest BCUT2D eigenvalue weighted by atomic mass is 10.3. The molecule has 5 nitrogen and oxygen atoms in total. The summed E-state index contributed by atoms with van der Waals surface area (Å²) in [6, 6.07) is 0. The van der Waals surface area contributed by atoms with Gasteiger partial charge in [-0.05, 0) is 6.20 Å². The number of nitrogens with one attached hydrogen (secondary N) is 2. The quantitative estimate of drug-likeness (QED) is 0.291. The number of rotatable bonds is 9. The second-order valence-electron chi connectivity index (χ2n) is 3.59. The maximum Gasteiger partial charge on any atom is 0.108 e. The van der Waals surface area contributed by atoms with E-state index in [0.717, 1.165) is 19.6 Å². The van der Waals surface area contributed by atoms with Crippen molar-refractivity contribution >= 4 is 0 Å². The van der Waals surface area contributed by atoms with Gasteiger partial charge < -0.3 is 21.1 Å². The maximum atomic E-state index is 9.49. The molecule has 0 bridgehead atoms. The second kappa shape index (κ2) is 9.92. The van der Waals surface area contributed by atoms with Gasteiger partial charge in [-0.2, -0.15) is 0 Å². The third-order valence-corrected chi connectivity index (χ3v) is 1.77. The lowest BCUT2D eigenvalue weighted by Gasteiger charge is -2.11. The highest BCUT2D eigenvalue weighted by atomic mass is 16.3. The molecule has 0 aliphatic carbocycles. The van der Waals surface area contributed by atoms with Crippen molar-refractivity contribution in [3.63, 3.8) is 0 Å². The summed E-state index contributed by atoms with van der Waals surface area (Å²) in [7, 11) is 3.90. The van der Waals surface area contributed by atoms with E-state index in [0.29, 0.717) is 13.0 Å².